The average Bonchev–Trinajstić information content (AvgIpc) is 2.32. The van der Waals surface area contributed by atoms with Gasteiger partial charge in [0.1, 0.15) is 16.7 Å². The van der Waals surface area contributed by atoms with Crippen molar-refractivity contribution in [1.29, 1.82) is 0 Å². The number of para-hydroxylation sites is 2. The van der Waals surface area contributed by atoms with Gasteiger partial charge in [0.15, 0.2) is 0 Å². The van der Waals surface area contributed by atoms with E-state index in [9.17, 15) is 0 Å². The molecular formula is C13H13ClN2O. The number of pyridine rings is 1. The number of anilines is 2. The van der Waals surface area contributed by atoms with Crippen molar-refractivity contribution in [2.75, 3.05) is 11.9 Å². The maximum absolute atomic E-state index is 5.83. The summed E-state index contributed by atoms with van der Waals surface area (Å²) in [6.07, 6.45) is 0. The highest BCUT2D eigenvalue weighted by atomic mass is 35.5. The number of ether oxygens (including phenoxy) is 1. The van der Waals surface area contributed by atoms with Gasteiger partial charge in [-0.2, -0.15) is 0 Å². The van der Waals surface area contributed by atoms with Gasteiger partial charge < -0.3 is 10.1 Å². The molecule has 0 aliphatic rings. The molecule has 2 rings (SSSR count). The summed E-state index contributed by atoms with van der Waals surface area (Å²) < 4.78 is 5.52. The largest absolute Gasteiger partial charge is 0.492 e. The van der Waals surface area contributed by atoms with Crippen LogP contribution in [0.4, 0.5) is 11.5 Å². The molecule has 0 unspecified atom stereocenters. The zero-order valence-corrected chi connectivity index (χ0v) is 10.2. The number of hydrogen-bond donors (Lipinski definition) is 1. The Morgan fingerprint density at radius 2 is 2.00 bits per heavy atom. The Morgan fingerprint density at radius 1 is 1.18 bits per heavy atom. The summed E-state index contributed by atoms with van der Waals surface area (Å²) in [4.78, 5) is 4.17. The smallest absolute Gasteiger partial charge is 0.142 e. The maximum Gasteiger partial charge on any atom is 0.142 e. The zero-order valence-electron chi connectivity index (χ0n) is 9.48. The van der Waals surface area contributed by atoms with Gasteiger partial charge >= 0.3 is 0 Å². The van der Waals surface area contributed by atoms with E-state index in [4.69, 9.17) is 16.3 Å². The molecule has 0 amide bonds. The first-order chi connectivity index (χ1) is 8.29. The SMILES string of the molecule is CCOc1ccccc1Nc1cccc(Cl)n1. The molecule has 0 aliphatic carbocycles. The second-order valence-corrected chi connectivity index (χ2v) is 3.79. The molecule has 1 aromatic carbocycles. The van der Waals surface area contributed by atoms with Gasteiger partial charge in [0.2, 0.25) is 0 Å². The van der Waals surface area contributed by atoms with Gasteiger partial charge in [-0.25, -0.2) is 4.98 Å². The second kappa shape index (κ2) is 5.55. The van der Waals surface area contributed by atoms with Crippen molar-refractivity contribution in [1.82, 2.24) is 4.98 Å². The summed E-state index contributed by atoms with van der Waals surface area (Å²) in [6.45, 7) is 2.58. The number of aromatic nitrogens is 1. The van der Waals surface area contributed by atoms with Crippen LogP contribution in [0.25, 0.3) is 0 Å². The summed E-state index contributed by atoms with van der Waals surface area (Å²) in [5.41, 5.74) is 0.879. The molecule has 17 heavy (non-hydrogen) atoms. The highest BCUT2D eigenvalue weighted by Crippen LogP contribution is 2.26. The van der Waals surface area contributed by atoms with E-state index in [1.54, 1.807) is 6.07 Å². The Balaban J connectivity index is 2.23. The molecule has 0 saturated carbocycles. The Hall–Kier alpha value is -1.74. The van der Waals surface area contributed by atoms with Crippen molar-refractivity contribution >= 4 is 23.1 Å². The van der Waals surface area contributed by atoms with Crippen LogP contribution in [-0.2, 0) is 0 Å². The molecule has 1 aromatic heterocycles. The predicted octanol–water partition coefficient (Wildman–Crippen LogP) is 3.88. The highest BCUT2D eigenvalue weighted by molar-refractivity contribution is 6.29. The molecule has 0 atom stereocenters. The molecule has 3 nitrogen and oxygen atoms in total. The molecule has 2 aromatic rings. The first-order valence-corrected chi connectivity index (χ1v) is 5.79. The van der Waals surface area contributed by atoms with Gasteiger partial charge in [0.25, 0.3) is 0 Å². The van der Waals surface area contributed by atoms with E-state index < -0.39 is 0 Å². The minimum absolute atomic E-state index is 0.462. The molecule has 1 N–H and O–H groups in total. The van der Waals surface area contributed by atoms with Gasteiger partial charge in [-0.15, -0.1) is 0 Å². The van der Waals surface area contributed by atoms with E-state index in [0.29, 0.717) is 17.6 Å². The van der Waals surface area contributed by atoms with Crippen LogP contribution < -0.4 is 10.1 Å². The van der Waals surface area contributed by atoms with Crippen LogP contribution in [0.2, 0.25) is 5.15 Å². The molecule has 4 heteroatoms. The molecule has 0 radical (unpaired) electrons. The quantitative estimate of drug-likeness (QED) is 0.834. The minimum Gasteiger partial charge on any atom is -0.492 e. The third-order valence-electron chi connectivity index (χ3n) is 2.16. The lowest BCUT2D eigenvalue weighted by atomic mass is 10.3. The van der Waals surface area contributed by atoms with Crippen LogP contribution >= 0.6 is 11.6 Å². The van der Waals surface area contributed by atoms with Gasteiger partial charge in [0, 0.05) is 0 Å². The normalized spacial score (nSPS) is 10.0. The van der Waals surface area contributed by atoms with E-state index in [0.717, 1.165) is 11.4 Å². The summed E-state index contributed by atoms with van der Waals surface area (Å²) >= 11 is 5.83. The Labute approximate surface area is 105 Å². The third kappa shape index (κ3) is 3.11. The predicted molar refractivity (Wildman–Crippen MR) is 70.1 cm³/mol. The number of nitrogens with zero attached hydrogens (tertiary/aromatic N) is 1. The van der Waals surface area contributed by atoms with Gasteiger partial charge in [-0.05, 0) is 31.2 Å². The van der Waals surface area contributed by atoms with Gasteiger partial charge in [-0.3, -0.25) is 0 Å². The van der Waals surface area contributed by atoms with E-state index in [1.165, 1.54) is 0 Å². The molecule has 0 bridgehead atoms. The van der Waals surface area contributed by atoms with E-state index in [2.05, 4.69) is 10.3 Å². The van der Waals surface area contributed by atoms with Crippen molar-refractivity contribution < 1.29 is 4.74 Å². The standard InChI is InChI=1S/C13H13ClN2O/c1-2-17-11-7-4-3-6-10(11)15-13-9-5-8-12(14)16-13/h3-9H,2H2,1H3,(H,15,16). The van der Waals surface area contributed by atoms with Crippen molar-refractivity contribution in [2.45, 2.75) is 6.92 Å². The van der Waals surface area contributed by atoms with Crippen LogP contribution in [0.3, 0.4) is 0 Å². The van der Waals surface area contributed by atoms with Gasteiger partial charge in [-0.1, -0.05) is 29.8 Å². The van der Waals surface area contributed by atoms with Crippen LogP contribution in [-0.4, -0.2) is 11.6 Å². The second-order valence-electron chi connectivity index (χ2n) is 3.40. The Morgan fingerprint density at radius 3 is 2.76 bits per heavy atom. The summed E-state index contributed by atoms with van der Waals surface area (Å²) in [5, 5.41) is 3.64. The van der Waals surface area contributed by atoms with Crippen molar-refractivity contribution in [3.05, 3.63) is 47.6 Å². The van der Waals surface area contributed by atoms with Crippen molar-refractivity contribution in [3.63, 3.8) is 0 Å². The summed E-state index contributed by atoms with van der Waals surface area (Å²) in [7, 11) is 0. The van der Waals surface area contributed by atoms with Crippen LogP contribution in [0.1, 0.15) is 6.92 Å². The van der Waals surface area contributed by atoms with E-state index in [-0.39, 0.29) is 0 Å². The summed E-state index contributed by atoms with van der Waals surface area (Å²) in [6, 6.07) is 13.2. The average molecular weight is 249 g/mol. The molecule has 0 saturated heterocycles. The fourth-order valence-corrected chi connectivity index (χ4v) is 1.63. The van der Waals surface area contributed by atoms with Crippen LogP contribution in [0.5, 0.6) is 5.75 Å². The van der Waals surface area contributed by atoms with E-state index >= 15 is 0 Å². The van der Waals surface area contributed by atoms with Crippen molar-refractivity contribution in [3.8, 4) is 5.75 Å². The zero-order chi connectivity index (χ0) is 12.1. The summed E-state index contributed by atoms with van der Waals surface area (Å²) in [5.74, 6) is 1.50. The molecule has 0 spiro atoms. The van der Waals surface area contributed by atoms with Crippen molar-refractivity contribution in [2.24, 2.45) is 0 Å². The maximum atomic E-state index is 5.83. The number of hydrogen-bond acceptors (Lipinski definition) is 3. The topological polar surface area (TPSA) is 34.1 Å². The fraction of sp³-hybridized carbons (Fsp3) is 0.154. The molecule has 1 heterocycles. The van der Waals surface area contributed by atoms with Crippen LogP contribution in [0, 0.1) is 0 Å². The number of nitrogens with one attached hydrogen (secondary N) is 1. The third-order valence-corrected chi connectivity index (χ3v) is 2.38. The first-order valence-electron chi connectivity index (χ1n) is 5.41. The Kier molecular flexibility index (Phi) is 3.83. The fourth-order valence-electron chi connectivity index (χ4n) is 1.47. The lowest BCUT2D eigenvalue weighted by Gasteiger charge is -2.11. The number of halogens is 1. The first kappa shape index (κ1) is 11.7. The Bertz CT molecular complexity index is 502. The number of rotatable bonds is 4. The molecule has 88 valence electrons. The molecule has 0 aliphatic heterocycles. The van der Waals surface area contributed by atoms with Gasteiger partial charge in [0.05, 0.1) is 12.3 Å². The number of benzene rings is 1. The highest BCUT2D eigenvalue weighted by Gasteiger charge is 2.03. The monoisotopic (exact) mass is 248 g/mol. The lowest BCUT2D eigenvalue weighted by molar-refractivity contribution is 0.342. The lowest BCUT2D eigenvalue weighted by Crippen LogP contribution is -1.98. The van der Waals surface area contributed by atoms with Crippen LogP contribution in [0.15, 0.2) is 42.5 Å². The van der Waals surface area contributed by atoms with E-state index in [1.807, 2.05) is 43.3 Å². The molecular weight excluding hydrogens is 236 g/mol. The minimum atomic E-state index is 0.462. The molecule has 0 fully saturated rings.